The monoisotopic (exact) mass is 100 g/mol. The second-order valence-electron chi connectivity index (χ2n) is 1.50. The molecule has 0 amide bonds. The Morgan fingerprint density at radius 1 is 1.00 bits per heavy atom. The van der Waals surface area contributed by atoms with Crippen molar-refractivity contribution in [2.24, 2.45) is 0 Å². The molecule has 0 saturated heterocycles. The zero-order valence-corrected chi connectivity index (χ0v) is 7.50. The van der Waals surface area contributed by atoms with E-state index in [1.54, 1.807) is 0 Å². The average molecular weight is 100 g/mol. The van der Waals surface area contributed by atoms with Crippen molar-refractivity contribution in [2.45, 2.75) is 0 Å². The van der Waals surface area contributed by atoms with Crippen LogP contribution in [0.25, 0.3) is 0 Å². The molecule has 0 rings (SSSR count). The van der Waals surface area contributed by atoms with E-state index in [1.807, 2.05) is 0 Å². The Bertz CT molecular complexity index is 11.6. The van der Waals surface area contributed by atoms with Crippen LogP contribution in [0.5, 0.6) is 0 Å². The minimum absolute atomic E-state index is 0. The quantitative estimate of drug-likeness (QED) is 0.246. The molecule has 0 fully saturated rings. The van der Waals surface area contributed by atoms with Crippen LogP contribution < -0.4 is 29.6 Å². The third-order valence-corrected chi connectivity index (χ3v) is 0. The maximum Gasteiger partial charge on any atom is 1.00 e. The molecule has 2 heteroatoms. The maximum absolute atomic E-state index is 2.27. The van der Waals surface area contributed by atoms with Gasteiger partial charge in [-0.15, -0.1) is 0 Å². The fourth-order valence-corrected chi connectivity index (χ4v) is 0. The van der Waals surface area contributed by atoms with E-state index in [1.165, 1.54) is 0 Å². The minimum atomic E-state index is 0. The van der Waals surface area contributed by atoms with E-state index in [-0.39, 0.29) is 37.5 Å². The Balaban J connectivity index is 0. The van der Waals surface area contributed by atoms with E-state index < -0.39 is 0 Å². The van der Waals surface area contributed by atoms with E-state index in [0.717, 1.165) is 0 Å². The first kappa shape index (κ1) is 9.66. The van der Waals surface area contributed by atoms with E-state index >= 15 is 0 Å². The Morgan fingerprint density at radius 2 is 1.00 bits per heavy atom. The summed E-state index contributed by atoms with van der Waals surface area (Å²) in [7, 11) is 0.120. The number of hydrogen-bond acceptors (Lipinski definition) is 0. The van der Waals surface area contributed by atoms with E-state index in [2.05, 4.69) is 20.0 Å². The summed E-state index contributed by atoms with van der Waals surface area (Å²) in [6.45, 7) is 6.81. The van der Waals surface area contributed by atoms with Crippen molar-refractivity contribution in [3.63, 3.8) is 0 Å². The Hall–Kier alpha value is 1.43. The van der Waals surface area contributed by atoms with Gasteiger partial charge in [0.25, 0.3) is 0 Å². The molecule has 0 radical (unpaired) electrons. The van der Waals surface area contributed by atoms with Crippen LogP contribution in [0.15, 0.2) is 0 Å². The van der Waals surface area contributed by atoms with Crippen LogP contribution in [0.3, 0.4) is 0 Å². The standard InChI is InChI=1S/C3H9P.Na/c1-4(2)3;/h1-3H3;/q;+1/p+1. The molecule has 0 spiro atoms. The second-order valence-corrected chi connectivity index (χ2v) is 4.50. The van der Waals surface area contributed by atoms with Crippen LogP contribution in [0.4, 0.5) is 0 Å². The van der Waals surface area contributed by atoms with Crippen molar-refractivity contribution in [1.29, 1.82) is 0 Å². The van der Waals surface area contributed by atoms with E-state index in [9.17, 15) is 0 Å². The first-order valence-electron chi connectivity index (χ1n) is 1.50. The molecule has 0 aliphatic rings. The van der Waals surface area contributed by atoms with E-state index in [0.29, 0.717) is 0 Å². The van der Waals surface area contributed by atoms with Crippen LogP contribution in [0.2, 0.25) is 0 Å². The van der Waals surface area contributed by atoms with Crippen molar-refractivity contribution in [3.05, 3.63) is 0 Å². The molecule has 26 valence electrons. The molecule has 0 aromatic heterocycles. The van der Waals surface area contributed by atoms with Crippen LogP contribution in [-0.2, 0) is 0 Å². The molecule has 0 aliphatic heterocycles. The van der Waals surface area contributed by atoms with Crippen LogP contribution in [0.1, 0.15) is 0 Å². The zero-order valence-electron chi connectivity index (χ0n) is 4.50. The molecular formula is C3H10NaP+2. The summed E-state index contributed by atoms with van der Waals surface area (Å²) < 4.78 is 0. The van der Waals surface area contributed by atoms with Gasteiger partial charge in [0.15, 0.2) is 0 Å². The second kappa shape index (κ2) is 5.43. The Kier molecular flexibility index (Phi) is 10.5. The van der Waals surface area contributed by atoms with E-state index in [4.69, 9.17) is 0 Å². The molecule has 0 nitrogen and oxygen atoms in total. The van der Waals surface area contributed by atoms with Crippen LogP contribution in [0, 0.1) is 0 Å². The molecule has 0 heterocycles. The molecule has 0 N–H and O–H groups in total. The Labute approximate surface area is 57.4 Å². The van der Waals surface area contributed by atoms with Gasteiger partial charge < -0.3 is 0 Å². The van der Waals surface area contributed by atoms with Gasteiger partial charge in [0, 0.05) is 20.0 Å². The summed E-state index contributed by atoms with van der Waals surface area (Å²) in [4.78, 5) is 0. The smallest absolute Gasteiger partial charge is 0.00840 e. The summed E-state index contributed by atoms with van der Waals surface area (Å²) in [5, 5.41) is 0. The van der Waals surface area contributed by atoms with Gasteiger partial charge in [0.05, 0.1) is 0 Å². The number of rotatable bonds is 0. The molecule has 0 bridgehead atoms. The fourth-order valence-electron chi connectivity index (χ4n) is 0. The summed E-state index contributed by atoms with van der Waals surface area (Å²) in [6, 6.07) is 0. The molecule has 5 heavy (non-hydrogen) atoms. The summed E-state index contributed by atoms with van der Waals surface area (Å²) >= 11 is 0. The third kappa shape index (κ3) is 31.2. The van der Waals surface area contributed by atoms with Gasteiger partial charge in [-0.2, -0.15) is 0 Å². The van der Waals surface area contributed by atoms with Gasteiger partial charge in [-0.3, -0.25) is 0 Å². The van der Waals surface area contributed by atoms with Gasteiger partial charge in [0.1, 0.15) is 0 Å². The molecule has 0 unspecified atom stereocenters. The van der Waals surface area contributed by atoms with Crippen molar-refractivity contribution >= 4 is 7.92 Å². The maximum atomic E-state index is 2.27. The SMILES string of the molecule is C[PH+](C)C.[Na+]. The zero-order chi connectivity index (χ0) is 3.58. The normalized spacial score (nSPS) is 7.20. The van der Waals surface area contributed by atoms with Gasteiger partial charge >= 0.3 is 29.6 Å². The molecule has 0 aromatic carbocycles. The fraction of sp³-hybridized carbons (Fsp3) is 1.00. The molecule has 0 atom stereocenters. The predicted molar refractivity (Wildman–Crippen MR) is 26.1 cm³/mol. The number of hydrogen-bond donors (Lipinski definition) is 0. The molecular weight excluding hydrogens is 90.0 g/mol. The minimum Gasteiger partial charge on any atom is -0.00840 e. The van der Waals surface area contributed by atoms with Crippen molar-refractivity contribution in [2.75, 3.05) is 20.0 Å². The predicted octanol–water partition coefficient (Wildman–Crippen LogP) is -1.91. The van der Waals surface area contributed by atoms with Crippen molar-refractivity contribution < 1.29 is 29.6 Å². The third-order valence-electron chi connectivity index (χ3n) is 0. The van der Waals surface area contributed by atoms with Gasteiger partial charge in [-0.25, -0.2) is 0 Å². The van der Waals surface area contributed by atoms with Gasteiger partial charge in [-0.1, -0.05) is 0 Å². The van der Waals surface area contributed by atoms with Crippen molar-refractivity contribution in [3.8, 4) is 0 Å². The summed E-state index contributed by atoms with van der Waals surface area (Å²) in [5.41, 5.74) is 0. The summed E-state index contributed by atoms with van der Waals surface area (Å²) in [5.74, 6) is 0. The first-order chi connectivity index (χ1) is 1.73. The summed E-state index contributed by atoms with van der Waals surface area (Å²) in [6.07, 6.45) is 0. The molecule has 0 aliphatic carbocycles. The van der Waals surface area contributed by atoms with Crippen LogP contribution in [-0.4, -0.2) is 20.0 Å². The first-order valence-corrected chi connectivity index (χ1v) is 4.50. The van der Waals surface area contributed by atoms with Crippen LogP contribution >= 0.6 is 7.92 Å². The molecule has 0 aromatic rings. The molecule has 0 saturated carbocycles. The Morgan fingerprint density at radius 3 is 1.00 bits per heavy atom. The average Bonchev–Trinajstić information content (AvgIpc) is 0.811. The van der Waals surface area contributed by atoms with Gasteiger partial charge in [-0.05, 0) is 7.92 Å². The largest absolute Gasteiger partial charge is 1.00 e. The van der Waals surface area contributed by atoms with Crippen molar-refractivity contribution in [1.82, 2.24) is 0 Å². The van der Waals surface area contributed by atoms with Gasteiger partial charge in [0.2, 0.25) is 0 Å². The topological polar surface area (TPSA) is 0 Å².